The first-order valence-corrected chi connectivity index (χ1v) is 10.6. The molecule has 0 amide bonds. The molecule has 0 radical (unpaired) electrons. The molecule has 0 fully saturated rings. The zero-order valence-electron chi connectivity index (χ0n) is 13.6. The number of carboxylic acid groups (broad SMARTS) is 1. The number of aliphatic carboxylic acids is 1. The van der Waals surface area contributed by atoms with Gasteiger partial charge in [0, 0.05) is 0 Å². The Labute approximate surface area is 121 Å². The Hall–Kier alpha value is 0.00870. The molecule has 2 nitrogen and oxygen atoms in total. The third-order valence-electron chi connectivity index (χ3n) is 2.42. The Kier molecular flexibility index (Phi) is 7.87. The van der Waals surface area contributed by atoms with Crippen LogP contribution in [-0.2, 0) is 4.79 Å². The third kappa shape index (κ3) is 9.01. The van der Waals surface area contributed by atoms with E-state index in [0.29, 0.717) is 10.3 Å². The third-order valence-corrected chi connectivity index (χ3v) is 15.3. The van der Waals surface area contributed by atoms with E-state index in [9.17, 15) is 0 Å². The summed E-state index contributed by atoms with van der Waals surface area (Å²) in [5, 5.41) is 9.14. The molecule has 0 aromatic carbocycles. The molecule has 18 heavy (non-hydrogen) atoms. The number of carbonyl (C=O) groups excluding carboxylic acids is 1. The van der Waals surface area contributed by atoms with Crippen LogP contribution >= 0.6 is 0 Å². The Balaban J connectivity index is 0. The standard InChI is InChI=1S/3C4H9.C3H4O2.Sn/c3*1-4(2)3;1-2-3(4)5;/h3*1-3H3;2H,1H2,(H,4,5);/q;;;;+1/p-1. The van der Waals surface area contributed by atoms with Gasteiger partial charge in [0.05, 0.1) is 5.97 Å². The van der Waals surface area contributed by atoms with E-state index >= 15 is 0 Å². The van der Waals surface area contributed by atoms with Crippen LogP contribution in [0.4, 0.5) is 0 Å². The molecule has 0 aliphatic rings. The Bertz CT molecular complexity index is 241. The van der Waals surface area contributed by atoms with Crippen molar-refractivity contribution in [3.63, 3.8) is 0 Å². The quantitative estimate of drug-likeness (QED) is 0.527. The fourth-order valence-corrected chi connectivity index (χ4v) is 22.6. The van der Waals surface area contributed by atoms with Gasteiger partial charge in [-0.15, -0.1) is 0 Å². The van der Waals surface area contributed by atoms with Crippen molar-refractivity contribution in [3.8, 4) is 0 Å². The first kappa shape index (κ1) is 20.3. The van der Waals surface area contributed by atoms with Gasteiger partial charge in [0.1, 0.15) is 0 Å². The summed E-state index contributed by atoms with van der Waals surface area (Å²) in [5.74, 6) is -1.23. The molecular formula is C15H30O2Sn. The summed E-state index contributed by atoms with van der Waals surface area (Å²) >= 11 is -1.43. The molecule has 0 aliphatic heterocycles. The van der Waals surface area contributed by atoms with Gasteiger partial charge in [-0.05, 0) is 6.08 Å². The van der Waals surface area contributed by atoms with Gasteiger partial charge in [0.2, 0.25) is 0 Å². The molecule has 0 unspecified atom stereocenters. The van der Waals surface area contributed by atoms with Crippen molar-refractivity contribution >= 4 is 25.7 Å². The second-order valence-corrected chi connectivity index (χ2v) is 22.6. The van der Waals surface area contributed by atoms with Crippen molar-refractivity contribution in [1.82, 2.24) is 0 Å². The normalized spacial score (nSPS) is 12.3. The molecule has 106 valence electrons. The van der Waals surface area contributed by atoms with E-state index in [4.69, 9.17) is 9.90 Å². The molecule has 0 saturated carbocycles. The average Bonchev–Trinajstić information content (AvgIpc) is 1.95. The van der Waals surface area contributed by atoms with Gasteiger partial charge in [-0.25, -0.2) is 0 Å². The molecule has 0 atom stereocenters. The molecular weight excluding hydrogens is 331 g/mol. The van der Waals surface area contributed by atoms with Crippen molar-refractivity contribution in [1.29, 1.82) is 0 Å². The van der Waals surface area contributed by atoms with Gasteiger partial charge in [0.25, 0.3) is 0 Å². The van der Waals surface area contributed by atoms with Crippen LogP contribution in [0, 0.1) is 0 Å². The summed E-state index contributed by atoms with van der Waals surface area (Å²) in [6.07, 6.45) is 0.722. The summed E-state index contributed by atoms with van der Waals surface area (Å²) in [5.41, 5.74) is 0. The number of hydrogen-bond donors (Lipinski definition) is 0. The van der Waals surface area contributed by atoms with E-state index in [1.54, 1.807) is 0 Å². The predicted octanol–water partition coefficient (Wildman–Crippen LogP) is 3.80. The van der Waals surface area contributed by atoms with Crippen LogP contribution < -0.4 is 5.11 Å². The zero-order valence-corrected chi connectivity index (χ0v) is 16.5. The van der Waals surface area contributed by atoms with E-state index in [1.165, 1.54) is 0 Å². The minimum atomic E-state index is -1.43. The molecule has 0 N–H and O–H groups in total. The molecule has 0 heterocycles. The van der Waals surface area contributed by atoms with Crippen LogP contribution in [0.5, 0.6) is 0 Å². The molecule has 0 bridgehead atoms. The van der Waals surface area contributed by atoms with Gasteiger partial charge in [-0.2, -0.15) is 0 Å². The first-order valence-electron chi connectivity index (χ1n) is 6.36. The fourth-order valence-electron chi connectivity index (χ4n) is 3.38. The number of carbonyl (C=O) groups is 1. The minimum absolute atomic E-state index is 0.582. The maximum absolute atomic E-state index is 9.14. The Morgan fingerprint density at radius 3 is 1.06 bits per heavy atom. The van der Waals surface area contributed by atoms with Crippen LogP contribution in [0.3, 0.4) is 0 Å². The van der Waals surface area contributed by atoms with E-state index in [-0.39, 0.29) is 0 Å². The van der Waals surface area contributed by atoms with Crippen molar-refractivity contribution in [3.05, 3.63) is 12.7 Å². The summed E-state index contributed by atoms with van der Waals surface area (Å²) in [6, 6.07) is 0. The average molecular weight is 361 g/mol. The maximum atomic E-state index is 9.14. The van der Waals surface area contributed by atoms with E-state index in [1.807, 2.05) is 0 Å². The monoisotopic (exact) mass is 362 g/mol. The molecule has 0 aromatic heterocycles. The molecule has 0 rings (SSSR count). The van der Waals surface area contributed by atoms with E-state index in [0.717, 1.165) is 6.08 Å². The fraction of sp³-hybridized carbons (Fsp3) is 0.800. The van der Waals surface area contributed by atoms with Gasteiger partial charge >= 0.3 is 92.4 Å². The van der Waals surface area contributed by atoms with Crippen molar-refractivity contribution < 1.29 is 9.90 Å². The number of hydrogen-bond acceptors (Lipinski definition) is 2. The van der Waals surface area contributed by atoms with Crippen LogP contribution in [0.2, 0.25) is 10.3 Å². The SMILES string of the molecule is C=CC(=O)[O-].C[C](C)(C)[Sn+]([C](C)(C)C)[C](C)(C)C. The summed E-state index contributed by atoms with van der Waals surface area (Å²) in [7, 11) is 0. The summed E-state index contributed by atoms with van der Waals surface area (Å²) in [4.78, 5) is 9.14. The van der Waals surface area contributed by atoms with Crippen molar-refractivity contribution in [2.45, 2.75) is 72.6 Å². The summed E-state index contributed by atoms with van der Waals surface area (Å²) < 4.78 is 1.75. The van der Waals surface area contributed by atoms with Gasteiger partial charge in [-0.3, -0.25) is 0 Å². The van der Waals surface area contributed by atoms with E-state index < -0.39 is 25.7 Å². The second-order valence-electron chi connectivity index (χ2n) is 7.65. The molecule has 3 heteroatoms. The topological polar surface area (TPSA) is 40.1 Å². The predicted molar refractivity (Wildman–Crippen MR) is 80.1 cm³/mol. The molecule has 0 spiro atoms. The van der Waals surface area contributed by atoms with Gasteiger partial charge in [0.15, 0.2) is 0 Å². The van der Waals surface area contributed by atoms with Crippen LogP contribution in [0.25, 0.3) is 0 Å². The number of carboxylic acids is 1. The molecule has 0 saturated heterocycles. The van der Waals surface area contributed by atoms with E-state index in [2.05, 4.69) is 68.9 Å². The Morgan fingerprint density at radius 1 is 0.889 bits per heavy atom. The van der Waals surface area contributed by atoms with Crippen LogP contribution in [0.1, 0.15) is 62.3 Å². The molecule has 0 aromatic rings. The zero-order chi connectivity index (χ0) is 15.4. The Morgan fingerprint density at radius 2 is 1.06 bits per heavy atom. The number of rotatable bonds is 1. The van der Waals surface area contributed by atoms with Crippen molar-refractivity contribution in [2.75, 3.05) is 0 Å². The van der Waals surface area contributed by atoms with Crippen LogP contribution in [-0.4, -0.2) is 25.7 Å². The molecule has 0 aliphatic carbocycles. The van der Waals surface area contributed by atoms with Gasteiger partial charge < -0.3 is 9.90 Å². The van der Waals surface area contributed by atoms with Gasteiger partial charge in [-0.1, -0.05) is 6.58 Å². The van der Waals surface area contributed by atoms with Crippen molar-refractivity contribution in [2.24, 2.45) is 0 Å². The second kappa shape index (κ2) is 6.97. The first-order chi connectivity index (χ1) is 7.64. The van der Waals surface area contributed by atoms with Crippen LogP contribution in [0.15, 0.2) is 12.7 Å². The summed E-state index contributed by atoms with van der Waals surface area (Å²) in [6.45, 7) is 24.9.